The summed E-state index contributed by atoms with van der Waals surface area (Å²) in [5, 5.41) is 0. The van der Waals surface area contributed by atoms with Crippen LogP contribution in [0.15, 0.2) is 36.4 Å². The Balaban J connectivity index is -0.000000146. The number of hydrogen-bond acceptors (Lipinski definition) is 1. The molecule has 0 spiro atoms. The van der Waals surface area contributed by atoms with Crippen molar-refractivity contribution in [1.29, 1.82) is 0 Å². The van der Waals surface area contributed by atoms with Crippen molar-refractivity contribution in [3.63, 3.8) is 0 Å². The van der Waals surface area contributed by atoms with Crippen molar-refractivity contribution in [2.24, 2.45) is 5.73 Å². The van der Waals surface area contributed by atoms with Gasteiger partial charge in [-0.2, -0.15) is 13.2 Å². The Labute approximate surface area is 90.1 Å². The van der Waals surface area contributed by atoms with Crippen LogP contribution < -0.4 is 5.73 Å². The molecule has 15 heavy (non-hydrogen) atoms. The number of rotatable bonds is 0. The lowest BCUT2D eigenvalue weighted by Crippen LogP contribution is -1.95. The highest BCUT2D eigenvalue weighted by atomic mass is 19.4. The minimum atomic E-state index is -4.00. The standard InChI is InChI=1S/C6H6.C2H3F3.C2H6.CH5N/c1-2-4-6-5-3-1;1-2(3,4)5;2*1-2/h1-6H;1H3;1-2H3;2H2,1H3. The van der Waals surface area contributed by atoms with Gasteiger partial charge in [-0.05, 0) is 7.05 Å². The van der Waals surface area contributed by atoms with E-state index in [1.165, 1.54) is 7.05 Å². The smallest absolute Gasteiger partial charge is 0.333 e. The second kappa shape index (κ2) is 15.4. The van der Waals surface area contributed by atoms with Gasteiger partial charge in [-0.25, -0.2) is 0 Å². The fraction of sp³-hybridized carbons (Fsp3) is 0.455. The summed E-state index contributed by atoms with van der Waals surface area (Å²) in [4.78, 5) is 0. The summed E-state index contributed by atoms with van der Waals surface area (Å²) in [6, 6.07) is 12.0. The molecular formula is C11H20F3N. The Bertz CT molecular complexity index is 140. The molecule has 90 valence electrons. The quantitative estimate of drug-likeness (QED) is 0.710. The summed E-state index contributed by atoms with van der Waals surface area (Å²) < 4.78 is 31.1. The molecule has 0 saturated heterocycles. The van der Waals surface area contributed by atoms with Gasteiger partial charge in [-0.15, -0.1) is 0 Å². The van der Waals surface area contributed by atoms with Gasteiger partial charge in [0.05, 0.1) is 0 Å². The second-order valence-electron chi connectivity index (χ2n) is 1.94. The second-order valence-corrected chi connectivity index (χ2v) is 1.94. The molecule has 0 aliphatic heterocycles. The molecule has 0 amide bonds. The Morgan fingerprint density at radius 2 is 0.800 bits per heavy atom. The largest absolute Gasteiger partial charge is 0.386 e. The maximum atomic E-state index is 10.4. The Hall–Kier alpha value is -1.03. The molecule has 1 aromatic rings. The van der Waals surface area contributed by atoms with Crippen LogP contribution in [0.3, 0.4) is 0 Å². The monoisotopic (exact) mass is 223 g/mol. The van der Waals surface area contributed by atoms with E-state index in [1.807, 2.05) is 50.2 Å². The summed E-state index contributed by atoms with van der Waals surface area (Å²) in [7, 11) is 1.50. The van der Waals surface area contributed by atoms with Crippen LogP contribution in [0.5, 0.6) is 0 Å². The van der Waals surface area contributed by atoms with E-state index in [-0.39, 0.29) is 6.92 Å². The highest BCUT2D eigenvalue weighted by molar-refractivity contribution is 4.99. The van der Waals surface area contributed by atoms with Crippen LogP contribution in [0.25, 0.3) is 0 Å². The highest BCUT2D eigenvalue weighted by Crippen LogP contribution is 2.10. The van der Waals surface area contributed by atoms with Crippen molar-refractivity contribution < 1.29 is 13.2 Å². The zero-order chi connectivity index (χ0) is 12.7. The van der Waals surface area contributed by atoms with Crippen molar-refractivity contribution in [1.82, 2.24) is 0 Å². The summed E-state index contributed by atoms with van der Waals surface area (Å²) in [5.74, 6) is 0. The summed E-state index contributed by atoms with van der Waals surface area (Å²) in [6.07, 6.45) is -4.00. The van der Waals surface area contributed by atoms with Crippen molar-refractivity contribution in [3.05, 3.63) is 36.4 Å². The number of benzene rings is 1. The molecule has 0 aromatic heterocycles. The molecule has 0 saturated carbocycles. The van der Waals surface area contributed by atoms with Gasteiger partial charge in [0.1, 0.15) is 0 Å². The van der Waals surface area contributed by atoms with E-state index in [9.17, 15) is 13.2 Å². The average molecular weight is 223 g/mol. The third kappa shape index (κ3) is 63.2. The third-order valence-electron chi connectivity index (χ3n) is 0.667. The van der Waals surface area contributed by atoms with Gasteiger partial charge in [0.2, 0.25) is 0 Å². The van der Waals surface area contributed by atoms with Gasteiger partial charge in [0, 0.05) is 6.92 Å². The number of halogens is 3. The van der Waals surface area contributed by atoms with Crippen molar-refractivity contribution in [3.8, 4) is 0 Å². The maximum absolute atomic E-state index is 10.4. The third-order valence-corrected chi connectivity index (χ3v) is 0.667. The fourth-order valence-corrected chi connectivity index (χ4v) is 0.385. The van der Waals surface area contributed by atoms with E-state index in [2.05, 4.69) is 5.73 Å². The molecule has 0 bridgehead atoms. The first-order chi connectivity index (χ1) is 7.00. The van der Waals surface area contributed by atoms with Crippen LogP contribution in [0, 0.1) is 0 Å². The van der Waals surface area contributed by atoms with Crippen LogP contribution in [0.2, 0.25) is 0 Å². The van der Waals surface area contributed by atoms with E-state index in [0.29, 0.717) is 0 Å². The summed E-state index contributed by atoms with van der Waals surface area (Å²) in [5.41, 5.74) is 4.50. The maximum Gasteiger partial charge on any atom is 0.386 e. The predicted molar refractivity (Wildman–Crippen MR) is 59.6 cm³/mol. The molecule has 0 radical (unpaired) electrons. The van der Waals surface area contributed by atoms with E-state index >= 15 is 0 Å². The van der Waals surface area contributed by atoms with Crippen molar-refractivity contribution >= 4 is 0 Å². The van der Waals surface area contributed by atoms with Gasteiger partial charge in [-0.1, -0.05) is 50.2 Å². The van der Waals surface area contributed by atoms with Crippen LogP contribution >= 0.6 is 0 Å². The lowest BCUT2D eigenvalue weighted by Gasteiger charge is -1.88. The van der Waals surface area contributed by atoms with Crippen molar-refractivity contribution in [2.45, 2.75) is 26.9 Å². The molecule has 0 aliphatic rings. The van der Waals surface area contributed by atoms with Gasteiger partial charge in [0.25, 0.3) is 0 Å². The zero-order valence-corrected chi connectivity index (χ0v) is 9.68. The first-order valence-electron chi connectivity index (χ1n) is 4.64. The average Bonchev–Trinajstić information content (AvgIpc) is 2.24. The Morgan fingerprint density at radius 1 is 0.733 bits per heavy atom. The molecule has 0 heterocycles. The van der Waals surface area contributed by atoms with Crippen molar-refractivity contribution in [2.75, 3.05) is 7.05 Å². The molecule has 1 aromatic carbocycles. The molecule has 0 aliphatic carbocycles. The van der Waals surface area contributed by atoms with Crippen LogP contribution in [-0.2, 0) is 0 Å². The van der Waals surface area contributed by atoms with Gasteiger partial charge < -0.3 is 5.73 Å². The summed E-state index contributed by atoms with van der Waals surface area (Å²) in [6.45, 7) is 4.19. The van der Waals surface area contributed by atoms with E-state index in [4.69, 9.17) is 0 Å². The zero-order valence-electron chi connectivity index (χ0n) is 9.68. The lowest BCUT2D eigenvalue weighted by atomic mass is 10.4. The topological polar surface area (TPSA) is 26.0 Å². The van der Waals surface area contributed by atoms with E-state index in [0.717, 1.165) is 0 Å². The normalized spacial score (nSPS) is 8.00. The summed E-state index contributed by atoms with van der Waals surface area (Å²) >= 11 is 0. The SMILES string of the molecule is CC.CC(F)(F)F.CN.c1ccccc1. The van der Waals surface area contributed by atoms with E-state index in [1.54, 1.807) is 0 Å². The highest BCUT2D eigenvalue weighted by Gasteiger charge is 2.15. The van der Waals surface area contributed by atoms with Crippen LogP contribution in [0.4, 0.5) is 13.2 Å². The first-order valence-corrected chi connectivity index (χ1v) is 4.64. The molecule has 0 fully saturated rings. The molecule has 0 unspecified atom stereocenters. The molecular weight excluding hydrogens is 203 g/mol. The minimum Gasteiger partial charge on any atom is -0.333 e. The molecule has 4 heteroatoms. The molecule has 2 N–H and O–H groups in total. The van der Waals surface area contributed by atoms with Gasteiger partial charge in [-0.3, -0.25) is 0 Å². The Morgan fingerprint density at radius 3 is 0.867 bits per heavy atom. The van der Waals surface area contributed by atoms with E-state index < -0.39 is 6.18 Å². The minimum absolute atomic E-state index is 0.188. The van der Waals surface area contributed by atoms with Crippen LogP contribution in [-0.4, -0.2) is 13.2 Å². The lowest BCUT2D eigenvalue weighted by molar-refractivity contribution is -0.110. The molecule has 1 rings (SSSR count). The fourth-order valence-electron chi connectivity index (χ4n) is 0.385. The number of hydrogen-bond donors (Lipinski definition) is 1. The Kier molecular flexibility index (Phi) is 20.1. The molecule has 0 atom stereocenters. The predicted octanol–water partition coefficient (Wildman–Crippen LogP) is 3.86. The van der Waals surface area contributed by atoms with Gasteiger partial charge >= 0.3 is 6.18 Å². The molecule has 1 nitrogen and oxygen atoms in total. The van der Waals surface area contributed by atoms with Gasteiger partial charge in [0.15, 0.2) is 0 Å². The number of alkyl halides is 3. The van der Waals surface area contributed by atoms with Crippen LogP contribution in [0.1, 0.15) is 20.8 Å². The number of nitrogens with two attached hydrogens (primary N) is 1. The first kappa shape index (κ1) is 19.5.